The molecule has 4 aliphatic rings. The van der Waals surface area contributed by atoms with Gasteiger partial charge in [0.25, 0.3) is 0 Å². The Balaban J connectivity index is 0.000000187. The molecule has 3 N–H and O–H groups in total. The van der Waals surface area contributed by atoms with E-state index in [-0.39, 0.29) is 29.3 Å². The molecule has 1 aromatic rings. The van der Waals surface area contributed by atoms with Crippen molar-refractivity contribution in [1.29, 1.82) is 0 Å². The topological polar surface area (TPSA) is 89.6 Å². The molecule has 0 heterocycles. The van der Waals surface area contributed by atoms with Crippen LogP contribution in [-0.2, 0) is 4.79 Å². The number of ether oxygens (including phenoxy) is 1. The van der Waals surface area contributed by atoms with Crippen LogP contribution in [-0.4, -0.2) is 22.6 Å². The Bertz CT molecular complexity index is 684. The summed E-state index contributed by atoms with van der Waals surface area (Å²) in [5, 5.41) is 8.69. The first-order valence-electron chi connectivity index (χ1n) is 9.31. The molecule has 2 unspecified atom stereocenters. The van der Waals surface area contributed by atoms with Crippen molar-refractivity contribution in [1.82, 2.24) is 0 Å². The molecule has 4 bridgehead atoms. The minimum Gasteiger partial charge on any atom is -0.478 e. The maximum absolute atomic E-state index is 10.6. The van der Waals surface area contributed by atoms with Crippen LogP contribution in [0.5, 0.6) is 5.75 Å². The highest BCUT2D eigenvalue weighted by Crippen LogP contribution is 2.65. The molecule has 6 heteroatoms. The highest BCUT2D eigenvalue weighted by atomic mass is 35.5. The number of nitrogens with two attached hydrogens (primary N) is 1. The lowest BCUT2D eigenvalue weighted by Crippen LogP contribution is -2.62. The minimum absolute atomic E-state index is 0. The lowest BCUT2D eigenvalue weighted by atomic mass is 9.43. The van der Waals surface area contributed by atoms with Crippen molar-refractivity contribution in [2.75, 3.05) is 0 Å². The van der Waals surface area contributed by atoms with Gasteiger partial charge in [0, 0.05) is 12.5 Å². The number of carboxylic acids is 1. The van der Waals surface area contributed by atoms with Crippen molar-refractivity contribution in [2.45, 2.75) is 64.8 Å². The molecule has 150 valence electrons. The Morgan fingerprint density at radius 2 is 1.63 bits per heavy atom. The third kappa shape index (κ3) is 4.82. The molecule has 4 aliphatic carbocycles. The van der Waals surface area contributed by atoms with Crippen molar-refractivity contribution in [3.8, 4) is 5.75 Å². The first-order valence-corrected chi connectivity index (χ1v) is 9.31. The Hall–Kier alpha value is -1.59. The van der Waals surface area contributed by atoms with E-state index >= 15 is 0 Å². The summed E-state index contributed by atoms with van der Waals surface area (Å²) in [7, 11) is 0. The van der Waals surface area contributed by atoms with Gasteiger partial charge in [-0.25, -0.2) is 4.79 Å². The highest BCUT2D eigenvalue weighted by Gasteiger charge is 2.58. The van der Waals surface area contributed by atoms with E-state index in [0.29, 0.717) is 10.8 Å². The number of benzene rings is 1. The van der Waals surface area contributed by atoms with Crippen LogP contribution in [0.3, 0.4) is 0 Å². The van der Waals surface area contributed by atoms with E-state index in [2.05, 4.69) is 18.6 Å². The number of para-hydroxylation sites is 1. The van der Waals surface area contributed by atoms with E-state index in [4.69, 9.17) is 10.8 Å². The van der Waals surface area contributed by atoms with E-state index in [1.807, 2.05) is 0 Å². The van der Waals surface area contributed by atoms with Crippen molar-refractivity contribution in [3.63, 3.8) is 0 Å². The molecule has 2 atom stereocenters. The van der Waals surface area contributed by atoms with Gasteiger partial charge in [-0.2, -0.15) is 0 Å². The van der Waals surface area contributed by atoms with Gasteiger partial charge in [0.15, 0.2) is 0 Å². The number of carbonyl (C=O) groups excluding carboxylic acids is 1. The second kappa shape index (κ2) is 7.44. The van der Waals surface area contributed by atoms with Gasteiger partial charge in [-0.05, 0) is 67.4 Å². The summed E-state index contributed by atoms with van der Waals surface area (Å²) in [6.45, 7) is 6.16. The van der Waals surface area contributed by atoms with E-state index in [1.165, 1.54) is 57.6 Å². The summed E-state index contributed by atoms with van der Waals surface area (Å²) in [4.78, 5) is 21.2. The number of rotatable bonds is 2. The van der Waals surface area contributed by atoms with Gasteiger partial charge in [-0.3, -0.25) is 4.79 Å². The second-order valence-electron chi connectivity index (χ2n) is 9.39. The quantitative estimate of drug-likeness (QED) is 0.571. The van der Waals surface area contributed by atoms with Crippen LogP contribution in [0.15, 0.2) is 24.3 Å². The number of esters is 1. The number of hydrogen-bond donors (Lipinski definition) is 2. The molecular formula is C21H30ClNO4. The number of halogens is 1. The summed E-state index contributed by atoms with van der Waals surface area (Å²) in [5.74, 6) is -0.621. The zero-order valence-corrected chi connectivity index (χ0v) is 17.1. The van der Waals surface area contributed by atoms with Gasteiger partial charge in [-0.15, -0.1) is 12.4 Å². The van der Waals surface area contributed by atoms with Crippen molar-refractivity contribution in [2.24, 2.45) is 22.5 Å². The van der Waals surface area contributed by atoms with E-state index < -0.39 is 11.9 Å². The van der Waals surface area contributed by atoms with Gasteiger partial charge in [0.1, 0.15) is 11.3 Å². The summed E-state index contributed by atoms with van der Waals surface area (Å²) in [6.07, 6.45) is 8.27. The predicted octanol–water partition coefficient (Wildman–Crippen LogP) is 4.43. The Morgan fingerprint density at radius 1 is 1.07 bits per heavy atom. The maximum Gasteiger partial charge on any atom is 0.339 e. The lowest BCUT2D eigenvalue weighted by molar-refractivity contribution is -0.131. The first-order chi connectivity index (χ1) is 12.0. The van der Waals surface area contributed by atoms with Crippen LogP contribution in [0.1, 0.15) is 69.7 Å². The largest absolute Gasteiger partial charge is 0.478 e. The SMILES string of the molecule is CC(=O)Oc1ccccc1C(=O)O.CC12CC3CC(C)(C1)CC(N)(C3)C2.Cl. The zero-order chi connectivity index (χ0) is 19.2. The molecule has 27 heavy (non-hydrogen) atoms. The molecule has 0 aromatic heterocycles. The van der Waals surface area contributed by atoms with Gasteiger partial charge in [-0.1, -0.05) is 26.0 Å². The van der Waals surface area contributed by atoms with Gasteiger partial charge in [0.05, 0.1) is 0 Å². The fourth-order valence-corrected chi connectivity index (χ4v) is 6.42. The van der Waals surface area contributed by atoms with Crippen molar-refractivity contribution >= 4 is 24.3 Å². The maximum atomic E-state index is 10.6. The number of carboxylic acid groups (broad SMARTS) is 1. The van der Waals surface area contributed by atoms with E-state index in [0.717, 1.165) is 5.92 Å². The van der Waals surface area contributed by atoms with E-state index in [1.54, 1.807) is 12.1 Å². The highest BCUT2D eigenvalue weighted by molar-refractivity contribution is 5.91. The van der Waals surface area contributed by atoms with Crippen LogP contribution in [0.25, 0.3) is 0 Å². The molecule has 0 radical (unpaired) electrons. The normalized spacial score (nSPS) is 35.5. The van der Waals surface area contributed by atoms with Crippen LogP contribution in [0.2, 0.25) is 0 Å². The first kappa shape index (κ1) is 21.7. The van der Waals surface area contributed by atoms with Crippen LogP contribution in [0.4, 0.5) is 0 Å². The summed E-state index contributed by atoms with van der Waals surface area (Å²) >= 11 is 0. The molecule has 0 saturated heterocycles. The fourth-order valence-electron chi connectivity index (χ4n) is 6.42. The molecule has 4 saturated carbocycles. The summed E-state index contributed by atoms with van der Waals surface area (Å²) in [6, 6.07) is 5.98. The average molecular weight is 396 g/mol. The Morgan fingerprint density at radius 3 is 2.07 bits per heavy atom. The summed E-state index contributed by atoms with van der Waals surface area (Å²) in [5.41, 5.74) is 7.90. The molecule has 4 fully saturated rings. The molecule has 0 amide bonds. The van der Waals surface area contributed by atoms with Gasteiger partial charge >= 0.3 is 11.9 Å². The van der Waals surface area contributed by atoms with Gasteiger partial charge < -0.3 is 15.6 Å². The monoisotopic (exact) mass is 395 g/mol. The molecule has 5 rings (SSSR count). The minimum atomic E-state index is -1.11. The Labute approximate surface area is 167 Å². The fraction of sp³-hybridized carbons (Fsp3) is 0.619. The smallest absolute Gasteiger partial charge is 0.339 e. The van der Waals surface area contributed by atoms with Gasteiger partial charge in [0.2, 0.25) is 0 Å². The van der Waals surface area contributed by atoms with Crippen LogP contribution in [0, 0.1) is 16.7 Å². The standard InChI is InChI=1S/C12H21N.C9H8O4.ClH/c1-10-3-9-4-11(2,6-10)8-12(13,5-9)7-10;1-6(10)13-8-5-3-2-4-7(8)9(11)12;/h9H,3-8,13H2,1-2H3;2-5H,1H3,(H,11,12);1H. The van der Waals surface area contributed by atoms with Crippen molar-refractivity contribution in [3.05, 3.63) is 29.8 Å². The number of carbonyl (C=O) groups is 2. The molecular weight excluding hydrogens is 366 g/mol. The third-order valence-electron chi connectivity index (χ3n) is 6.04. The molecule has 0 aliphatic heterocycles. The molecule has 0 spiro atoms. The predicted molar refractivity (Wildman–Crippen MR) is 106 cm³/mol. The number of aromatic carboxylic acids is 1. The average Bonchev–Trinajstić information content (AvgIpc) is 2.42. The molecule has 5 nitrogen and oxygen atoms in total. The summed E-state index contributed by atoms with van der Waals surface area (Å²) < 4.78 is 4.69. The van der Waals surface area contributed by atoms with E-state index in [9.17, 15) is 9.59 Å². The van der Waals surface area contributed by atoms with Crippen molar-refractivity contribution < 1.29 is 19.4 Å². The number of hydrogen-bond acceptors (Lipinski definition) is 4. The van der Waals surface area contributed by atoms with Crippen LogP contribution < -0.4 is 10.5 Å². The molecule has 1 aromatic carbocycles. The lowest BCUT2D eigenvalue weighted by Gasteiger charge is -2.64. The third-order valence-corrected chi connectivity index (χ3v) is 6.04. The second-order valence-corrected chi connectivity index (χ2v) is 9.39. The van der Waals surface area contributed by atoms with Crippen LogP contribution >= 0.6 is 12.4 Å². The zero-order valence-electron chi connectivity index (χ0n) is 16.3. The Kier molecular flexibility index (Phi) is 5.98.